The van der Waals surface area contributed by atoms with Crippen molar-refractivity contribution in [3.63, 3.8) is 0 Å². The standard InChI is InChI=1S/C19H21N3OS.ClH/c1-22(2)13-7-12-21-19(23)16-9-4-6-11-18(16)24-17-10-5-3-8-15(17)14-20;/h3-6,8-11H,7,12-13H2,1-2H3,(H,21,23);1H. The fourth-order valence-corrected chi connectivity index (χ4v) is 3.23. The summed E-state index contributed by atoms with van der Waals surface area (Å²) in [6.07, 6.45) is 0.908. The van der Waals surface area contributed by atoms with E-state index in [2.05, 4.69) is 16.3 Å². The van der Waals surface area contributed by atoms with Crippen LogP contribution in [0.1, 0.15) is 22.3 Å². The van der Waals surface area contributed by atoms with Crippen LogP contribution in [0.2, 0.25) is 0 Å². The Morgan fingerprint density at radius 1 is 1.12 bits per heavy atom. The van der Waals surface area contributed by atoms with Gasteiger partial charge in [0, 0.05) is 16.3 Å². The number of benzene rings is 2. The van der Waals surface area contributed by atoms with Crippen molar-refractivity contribution in [3.05, 3.63) is 59.7 Å². The molecule has 0 aliphatic rings. The van der Waals surface area contributed by atoms with Crippen molar-refractivity contribution in [2.75, 3.05) is 27.2 Å². The predicted molar refractivity (Wildman–Crippen MR) is 104 cm³/mol. The highest BCUT2D eigenvalue weighted by molar-refractivity contribution is 7.99. The molecule has 0 bridgehead atoms. The molecule has 132 valence electrons. The highest BCUT2D eigenvalue weighted by Crippen LogP contribution is 2.32. The molecule has 0 aliphatic heterocycles. The van der Waals surface area contributed by atoms with E-state index in [9.17, 15) is 10.1 Å². The second kappa shape index (κ2) is 10.8. The summed E-state index contributed by atoms with van der Waals surface area (Å²) in [6.45, 7) is 1.58. The highest BCUT2D eigenvalue weighted by Gasteiger charge is 2.13. The van der Waals surface area contributed by atoms with Gasteiger partial charge in [0.2, 0.25) is 0 Å². The maximum atomic E-state index is 12.5. The lowest BCUT2D eigenvalue weighted by Crippen LogP contribution is -2.27. The number of hydrogen-bond acceptors (Lipinski definition) is 4. The Labute approximate surface area is 159 Å². The molecule has 0 saturated carbocycles. The summed E-state index contributed by atoms with van der Waals surface area (Å²) in [4.78, 5) is 16.3. The minimum Gasteiger partial charge on any atom is -0.352 e. The molecule has 25 heavy (non-hydrogen) atoms. The molecule has 0 atom stereocenters. The maximum Gasteiger partial charge on any atom is 0.252 e. The van der Waals surface area contributed by atoms with Crippen molar-refractivity contribution in [3.8, 4) is 6.07 Å². The third kappa shape index (κ3) is 6.43. The molecule has 1 amide bonds. The van der Waals surface area contributed by atoms with Crippen LogP contribution in [-0.4, -0.2) is 38.0 Å². The third-order valence-electron chi connectivity index (χ3n) is 3.43. The lowest BCUT2D eigenvalue weighted by atomic mass is 10.2. The molecule has 0 aliphatic carbocycles. The van der Waals surface area contributed by atoms with Gasteiger partial charge in [-0.05, 0) is 51.3 Å². The Morgan fingerprint density at radius 3 is 2.44 bits per heavy atom. The Morgan fingerprint density at radius 2 is 1.76 bits per heavy atom. The van der Waals surface area contributed by atoms with E-state index in [-0.39, 0.29) is 18.3 Å². The average Bonchev–Trinajstić information content (AvgIpc) is 2.59. The average molecular weight is 376 g/mol. The van der Waals surface area contributed by atoms with E-state index in [1.165, 1.54) is 11.8 Å². The van der Waals surface area contributed by atoms with E-state index < -0.39 is 0 Å². The van der Waals surface area contributed by atoms with Crippen molar-refractivity contribution in [1.82, 2.24) is 10.2 Å². The van der Waals surface area contributed by atoms with Gasteiger partial charge in [0.15, 0.2) is 0 Å². The fraction of sp³-hybridized carbons (Fsp3) is 0.263. The zero-order chi connectivity index (χ0) is 17.4. The number of nitrogens with zero attached hydrogens (tertiary/aromatic N) is 2. The zero-order valence-corrected chi connectivity index (χ0v) is 16.0. The molecule has 6 heteroatoms. The normalized spacial score (nSPS) is 10.0. The van der Waals surface area contributed by atoms with Gasteiger partial charge < -0.3 is 10.2 Å². The Bertz CT molecular complexity index is 743. The predicted octanol–water partition coefficient (Wildman–Crippen LogP) is 3.81. The number of rotatable bonds is 7. The van der Waals surface area contributed by atoms with Crippen LogP contribution in [0.4, 0.5) is 0 Å². The molecule has 2 rings (SSSR count). The van der Waals surface area contributed by atoms with Gasteiger partial charge in [-0.15, -0.1) is 12.4 Å². The Hall–Kier alpha value is -2.00. The van der Waals surface area contributed by atoms with Crippen LogP contribution in [0.3, 0.4) is 0 Å². The van der Waals surface area contributed by atoms with Gasteiger partial charge in [0.25, 0.3) is 5.91 Å². The van der Waals surface area contributed by atoms with E-state index in [1.807, 2.05) is 56.6 Å². The number of hydrogen-bond donors (Lipinski definition) is 1. The monoisotopic (exact) mass is 375 g/mol. The molecule has 1 N–H and O–H groups in total. The highest BCUT2D eigenvalue weighted by atomic mass is 35.5. The van der Waals surface area contributed by atoms with E-state index in [0.717, 1.165) is 22.8 Å². The number of nitriles is 1. The van der Waals surface area contributed by atoms with Crippen LogP contribution in [-0.2, 0) is 0 Å². The Kier molecular flexibility index (Phi) is 9.07. The molecule has 0 spiro atoms. The van der Waals surface area contributed by atoms with Gasteiger partial charge in [0.1, 0.15) is 6.07 Å². The topological polar surface area (TPSA) is 56.1 Å². The molecular formula is C19H22ClN3OS. The first-order chi connectivity index (χ1) is 11.6. The molecular weight excluding hydrogens is 354 g/mol. The van der Waals surface area contributed by atoms with Gasteiger partial charge in [-0.1, -0.05) is 36.0 Å². The first-order valence-corrected chi connectivity index (χ1v) is 8.62. The number of amides is 1. The summed E-state index contributed by atoms with van der Waals surface area (Å²) >= 11 is 1.45. The summed E-state index contributed by atoms with van der Waals surface area (Å²) in [6, 6.07) is 17.1. The maximum absolute atomic E-state index is 12.5. The molecule has 4 nitrogen and oxygen atoms in total. The van der Waals surface area contributed by atoms with Crippen molar-refractivity contribution in [2.45, 2.75) is 16.2 Å². The molecule has 0 unspecified atom stereocenters. The molecule has 0 fully saturated rings. The minimum absolute atomic E-state index is 0. The second-order valence-electron chi connectivity index (χ2n) is 5.62. The van der Waals surface area contributed by atoms with E-state index in [4.69, 9.17) is 0 Å². The van der Waals surface area contributed by atoms with Gasteiger partial charge in [0.05, 0.1) is 11.1 Å². The summed E-state index contributed by atoms with van der Waals surface area (Å²) < 4.78 is 0. The molecule has 0 saturated heterocycles. The summed E-state index contributed by atoms with van der Waals surface area (Å²) in [5.41, 5.74) is 1.25. The lowest BCUT2D eigenvalue weighted by molar-refractivity contribution is 0.0949. The van der Waals surface area contributed by atoms with Gasteiger partial charge >= 0.3 is 0 Å². The van der Waals surface area contributed by atoms with Crippen molar-refractivity contribution in [2.24, 2.45) is 0 Å². The first kappa shape index (κ1) is 21.0. The minimum atomic E-state index is -0.0775. The molecule has 0 heterocycles. The van der Waals surface area contributed by atoms with Crippen LogP contribution in [0, 0.1) is 11.3 Å². The fourth-order valence-electron chi connectivity index (χ4n) is 2.20. The number of carbonyl (C=O) groups excluding carboxylic acids is 1. The molecule has 2 aromatic carbocycles. The summed E-state index contributed by atoms with van der Waals surface area (Å²) in [5, 5.41) is 12.2. The van der Waals surface area contributed by atoms with Crippen molar-refractivity contribution in [1.29, 1.82) is 5.26 Å². The van der Waals surface area contributed by atoms with Crippen molar-refractivity contribution >= 4 is 30.1 Å². The van der Waals surface area contributed by atoms with E-state index in [0.29, 0.717) is 17.7 Å². The number of halogens is 1. The zero-order valence-electron chi connectivity index (χ0n) is 14.4. The first-order valence-electron chi connectivity index (χ1n) is 7.80. The van der Waals surface area contributed by atoms with Crippen LogP contribution >= 0.6 is 24.2 Å². The number of carbonyl (C=O) groups is 1. The molecule has 0 aromatic heterocycles. The quantitative estimate of drug-likeness (QED) is 0.747. The third-order valence-corrected chi connectivity index (χ3v) is 4.58. The van der Waals surface area contributed by atoms with Gasteiger partial charge in [-0.3, -0.25) is 4.79 Å². The molecule has 2 aromatic rings. The smallest absolute Gasteiger partial charge is 0.252 e. The van der Waals surface area contributed by atoms with Crippen molar-refractivity contribution < 1.29 is 4.79 Å². The van der Waals surface area contributed by atoms with E-state index in [1.54, 1.807) is 6.07 Å². The summed E-state index contributed by atoms with van der Waals surface area (Å²) in [7, 11) is 4.03. The SMILES string of the molecule is CN(C)CCCNC(=O)c1ccccc1Sc1ccccc1C#N.Cl. The van der Waals surface area contributed by atoms with Crippen LogP contribution in [0.25, 0.3) is 0 Å². The number of nitrogens with one attached hydrogen (secondary N) is 1. The lowest BCUT2D eigenvalue weighted by Gasteiger charge is -2.12. The largest absolute Gasteiger partial charge is 0.352 e. The van der Waals surface area contributed by atoms with E-state index >= 15 is 0 Å². The second-order valence-corrected chi connectivity index (χ2v) is 6.70. The molecule has 0 radical (unpaired) electrons. The Balaban J connectivity index is 0.00000312. The van der Waals surface area contributed by atoms with Gasteiger partial charge in [-0.25, -0.2) is 0 Å². The van der Waals surface area contributed by atoms with Crippen LogP contribution in [0.15, 0.2) is 58.3 Å². The van der Waals surface area contributed by atoms with Crippen LogP contribution in [0.5, 0.6) is 0 Å². The van der Waals surface area contributed by atoms with Crippen LogP contribution < -0.4 is 5.32 Å². The summed E-state index contributed by atoms with van der Waals surface area (Å²) in [5.74, 6) is -0.0775. The van der Waals surface area contributed by atoms with Gasteiger partial charge in [-0.2, -0.15) is 5.26 Å².